The molecule has 0 heterocycles. The van der Waals surface area contributed by atoms with Crippen LogP contribution in [0, 0.1) is 0 Å². The van der Waals surface area contributed by atoms with Crippen molar-refractivity contribution in [1.82, 2.24) is 4.90 Å². The number of halogens is 1. The van der Waals surface area contributed by atoms with E-state index in [1.807, 2.05) is 6.07 Å². The fourth-order valence-corrected chi connectivity index (χ4v) is 2.29. The maximum Gasteiger partial charge on any atom is 0.244 e. The van der Waals surface area contributed by atoms with Crippen LogP contribution < -0.4 is 5.73 Å². The van der Waals surface area contributed by atoms with Crippen molar-refractivity contribution in [2.24, 2.45) is 5.73 Å². The van der Waals surface area contributed by atoms with E-state index in [1.165, 1.54) is 12.0 Å². The number of primary amides is 1. The lowest BCUT2D eigenvalue weighted by molar-refractivity contribution is -0.139. The van der Waals surface area contributed by atoms with Gasteiger partial charge in [0.15, 0.2) is 0 Å². The van der Waals surface area contributed by atoms with E-state index in [1.54, 1.807) is 32.2 Å². The Kier molecular flexibility index (Phi) is 6.16. The lowest BCUT2D eigenvalue weighted by atomic mass is 10.0. The molecule has 1 rings (SSSR count). The van der Waals surface area contributed by atoms with Gasteiger partial charge in [0.1, 0.15) is 6.04 Å². The highest BCUT2D eigenvalue weighted by atomic mass is 79.9. The molecule has 6 heteroatoms. The molecule has 1 aromatic carbocycles. The number of rotatable bonds is 6. The highest BCUT2D eigenvalue weighted by Crippen LogP contribution is 2.23. The van der Waals surface area contributed by atoms with Gasteiger partial charge in [0, 0.05) is 18.6 Å². The van der Waals surface area contributed by atoms with Crippen molar-refractivity contribution in [1.29, 1.82) is 0 Å². The van der Waals surface area contributed by atoms with Crippen LogP contribution in [0.15, 0.2) is 28.7 Å². The molecule has 2 amide bonds. The average Bonchev–Trinajstić information content (AvgIpc) is 2.38. The van der Waals surface area contributed by atoms with E-state index < -0.39 is 11.9 Å². The Morgan fingerprint density at radius 2 is 2.10 bits per heavy atom. The van der Waals surface area contributed by atoms with Gasteiger partial charge in [-0.25, -0.2) is 0 Å². The third-order valence-electron chi connectivity index (χ3n) is 3.08. The van der Waals surface area contributed by atoms with Gasteiger partial charge in [-0.05, 0) is 24.6 Å². The predicted octanol–water partition coefficient (Wildman–Crippen LogP) is 1.86. The zero-order valence-electron chi connectivity index (χ0n) is 11.8. The molecular formula is C14H19BrN2O3. The van der Waals surface area contributed by atoms with Crippen LogP contribution in [0.5, 0.6) is 0 Å². The normalized spacial score (nSPS) is 13.6. The first-order chi connectivity index (χ1) is 9.36. The Bertz CT molecular complexity index is 493. The Hall–Kier alpha value is -1.40. The number of methoxy groups -OCH3 is 1. The van der Waals surface area contributed by atoms with Gasteiger partial charge >= 0.3 is 0 Å². The number of hydrogen-bond donors (Lipinski definition) is 1. The molecule has 0 aliphatic heterocycles. The van der Waals surface area contributed by atoms with Gasteiger partial charge in [-0.1, -0.05) is 28.1 Å². The fourth-order valence-electron chi connectivity index (χ4n) is 1.87. The summed E-state index contributed by atoms with van der Waals surface area (Å²) in [6.07, 6.45) is -0.00823. The molecule has 0 radical (unpaired) electrons. The molecule has 0 bridgehead atoms. The molecule has 0 saturated carbocycles. The van der Waals surface area contributed by atoms with Gasteiger partial charge < -0.3 is 15.4 Å². The highest BCUT2D eigenvalue weighted by molar-refractivity contribution is 9.10. The summed E-state index contributed by atoms with van der Waals surface area (Å²) in [6, 6.07) is 6.40. The second-order valence-electron chi connectivity index (χ2n) is 4.61. The first-order valence-electron chi connectivity index (χ1n) is 6.20. The van der Waals surface area contributed by atoms with Crippen molar-refractivity contribution < 1.29 is 14.3 Å². The van der Waals surface area contributed by atoms with Crippen molar-refractivity contribution in [3.8, 4) is 0 Å². The molecule has 110 valence electrons. The number of hydrogen-bond acceptors (Lipinski definition) is 3. The summed E-state index contributed by atoms with van der Waals surface area (Å²) in [7, 11) is 3.11. The number of carbonyl (C=O) groups excluding carboxylic acids is 2. The number of benzene rings is 1. The van der Waals surface area contributed by atoms with Crippen LogP contribution in [-0.2, 0) is 14.3 Å². The first-order valence-corrected chi connectivity index (χ1v) is 6.99. The summed E-state index contributed by atoms with van der Waals surface area (Å²) in [5.74, 6) is -0.757. The minimum Gasteiger partial charge on any atom is -0.381 e. The minimum atomic E-state index is -0.788. The third kappa shape index (κ3) is 4.31. The number of likely N-dealkylation sites (N-methyl/N-ethyl adjacent to an activating group) is 1. The van der Waals surface area contributed by atoms with E-state index in [0.717, 1.165) is 4.47 Å². The Balaban J connectivity index is 2.97. The summed E-state index contributed by atoms with van der Waals surface area (Å²) in [5.41, 5.74) is 6.12. The van der Waals surface area contributed by atoms with E-state index in [-0.39, 0.29) is 18.4 Å². The monoisotopic (exact) mass is 342 g/mol. The van der Waals surface area contributed by atoms with Crippen molar-refractivity contribution >= 4 is 27.7 Å². The Morgan fingerprint density at radius 3 is 2.60 bits per heavy atom. The molecule has 5 nitrogen and oxygen atoms in total. The van der Waals surface area contributed by atoms with E-state index in [9.17, 15) is 9.59 Å². The van der Waals surface area contributed by atoms with Crippen molar-refractivity contribution in [2.45, 2.75) is 25.5 Å². The molecule has 2 atom stereocenters. The van der Waals surface area contributed by atoms with E-state index in [4.69, 9.17) is 10.5 Å². The van der Waals surface area contributed by atoms with Gasteiger partial charge in [-0.15, -0.1) is 0 Å². The standard InChI is InChI=1S/C14H19BrN2O3/c1-9(20-3)7-12(18)17(2)13(14(16)19)10-5-4-6-11(15)8-10/h4-6,8-9,13H,7H2,1-3H3,(H2,16,19)/t9-,13+/m0/s1. The highest BCUT2D eigenvalue weighted by Gasteiger charge is 2.27. The number of carbonyl (C=O) groups is 2. The summed E-state index contributed by atoms with van der Waals surface area (Å²) in [4.78, 5) is 25.2. The molecule has 0 unspecified atom stereocenters. The van der Waals surface area contributed by atoms with E-state index in [2.05, 4.69) is 15.9 Å². The van der Waals surface area contributed by atoms with Crippen molar-refractivity contribution in [2.75, 3.05) is 14.2 Å². The number of nitrogens with zero attached hydrogens (tertiary/aromatic N) is 1. The Labute approximate surface area is 127 Å². The second kappa shape index (κ2) is 7.40. The van der Waals surface area contributed by atoms with Crippen LogP contribution in [0.2, 0.25) is 0 Å². The van der Waals surface area contributed by atoms with Crippen LogP contribution in [0.3, 0.4) is 0 Å². The molecule has 1 aromatic rings. The smallest absolute Gasteiger partial charge is 0.244 e. The molecule has 0 aromatic heterocycles. The fraction of sp³-hybridized carbons (Fsp3) is 0.429. The van der Waals surface area contributed by atoms with Gasteiger partial charge in [0.05, 0.1) is 12.5 Å². The molecule has 0 saturated heterocycles. The number of amides is 2. The first kappa shape index (κ1) is 16.7. The number of nitrogens with two attached hydrogens (primary N) is 1. The van der Waals surface area contributed by atoms with Crippen LogP contribution in [0.4, 0.5) is 0 Å². The quantitative estimate of drug-likeness (QED) is 0.857. The molecule has 0 aliphatic rings. The van der Waals surface area contributed by atoms with Gasteiger partial charge in [-0.2, -0.15) is 0 Å². The minimum absolute atomic E-state index is 0.192. The Morgan fingerprint density at radius 1 is 1.45 bits per heavy atom. The molecule has 2 N–H and O–H groups in total. The van der Waals surface area contributed by atoms with Crippen molar-refractivity contribution in [3.63, 3.8) is 0 Å². The topological polar surface area (TPSA) is 72.6 Å². The maximum absolute atomic E-state index is 12.1. The molecular weight excluding hydrogens is 324 g/mol. The molecule has 0 aliphatic carbocycles. The van der Waals surface area contributed by atoms with E-state index >= 15 is 0 Å². The summed E-state index contributed by atoms with van der Waals surface area (Å²) < 4.78 is 5.89. The zero-order valence-corrected chi connectivity index (χ0v) is 13.4. The second-order valence-corrected chi connectivity index (χ2v) is 5.53. The maximum atomic E-state index is 12.1. The average molecular weight is 343 g/mol. The zero-order chi connectivity index (χ0) is 15.3. The van der Waals surface area contributed by atoms with Crippen LogP contribution >= 0.6 is 15.9 Å². The molecule has 0 fully saturated rings. The lowest BCUT2D eigenvalue weighted by Gasteiger charge is -2.27. The summed E-state index contributed by atoms with van der Waals surface area (Å²) in [6.45, 7) is 1.80. The largest absolute Gasteiger partial charge is 0.381 e. The van der Waals surface area contributed by atoms with Gasteiger partial charge in [0.2, 0.25) is 11.8 Å². The van der Waals surface area contributed by atoms with Crippen LogP contribution in [-0.4, -0.2) is 37.0 Å². The lowest BCUT2D eigenvalue weighted by Crippen LogP contribution is -2.40. The number of ether oxygens (including phenoxy) is 1. The molecule has 0 spiro atoms. The van der Waals surface area contributed by atoms with E-state index in [0.29, 0.717) is 5.56 Å². The molecule has 20 heavy (non-hydrogen) atoms. The van der Waals surface area contributed by atoms with Gasteiger partial charge in [-0.3, -0.25) is 9.59 Å². The van der Waals surface area contributed by atoms with Crippen molar-refractivity contribution in [3.05, 3.63) is 34.3 Å². The summed E-state index contributed by atoms with van der Waals surface area (Å²) >= 11 is 3.34. The predicted molar refractivity (Wildman–Crippen MR) is 79.9 cm³/mol. The van der Waals surface area contributed by atoms with Crippen LogP contribution in [0.1, 0.15) is 24.9 Å². The third-order valence-corrected chi connectivity index (χ3v) is 3.57. The SMILES string of the molecule is CO[C@@H](C)CC(=O)N(C)[C@@H](C(N)=O)c1cccc(Br)c1. The summed E-state index contributed by atoms with van der Waals surface area (Å²) in [5, 5.41) is 0. The van der Waals surface area contributed by atoms with Crippen LogP contribution in [0.25, 0.3) is 0 Å². The van der Waals surface area contributed by atoms with Gasteiger partial charge in [0.25, 0.3) is 0 Å².